The summed E-state index contributed by atoms with van der Waals surface area (Å²) in [5.41, 5.74) is 2.88. The minimum absolute atomic E-state index is 0.0660. The van der Waals surface area contributed by atoms with Gasteiger partial charge in [0.05, 0.1) is 12.0 Å². The summed E-state index contributed by atoms with van der Waals surface area (Å²) in [6.07, 6.45) is 0.783. The number of phenolic OH excluding ortho intramolecular Hbond substituents is 1. The summed E-state index contributed by atoms with van der Waals surface area (Å²) in [6, 6.07) is 18.8. The topological polar surface area (TPSA) is 55.8 Å². The van der Waals surface area contributed by atoms with Crippen LogP contribution in [0.1, 0.15) is 61.2 Å². The number of hydrogen-bond donors (Lipinski definition) is 1. The molecule has 4 nitrogen and oxygen atoms in total. The van der Waals surface area contributed by atoms with Crippen molar-refractivity contribution >= 4 is 5.78 Å². The number of hydrogen-bond acceptors (Lipinski definition) is 4. The molecule has 3 aromatic rings. The van der Waals surface area contributed by atoms with Gasteiger partial charge in [0.1, 0.15) is 23.0 Å². The number of phenols is 1. The van der Waals surface area contributed by atoms with Crippen molar-refractivity contribution in [3.8, 4) is 23.0 Å². The Labute approximate surface area is 183 Å². The van der Waals surface area contributed by atoms with Crippen LogP contribution in [-0.2, 0) is 5.41 Å². The van der Waals surface area contributed by atoms with Gasteiger partial charge < -0.3 is 14.6 Å². The normalized spacial score (nSPS) is 17.8. The third kappa shape index (κ3) is 3.46. The molecule has 1 aliphatic rings. The van der Waals surface area contributed by atoms with Crippen LogP contribution in [0.2, 0.25) is 0 Å². The molecule has 0 amide bonds. The number of benzene rings is 3. The first-order valence-electron chi connectivity index (χ1n) is 10.8. The first-order chi connectivity index (χ1) is 14.9. The second-order valence-electron chi connectivity index (χ2n) is 8.22. The zero-order valence-electron chi connectivity index (χ0n) is 18.4. The predicted molar refractivity (Wildman–Crippen MR) is 122 cm³/mol. The summed E-state index contributed by atoms with van der Waals surface area (Å²) in [7, 11) is 0. The standard InChI is InChI=1S/C27H28O4/c1-5-17(3)26(29)20-9-7-8-10-21(20)27(4)22-13-11-18(28)15-24(22)31-25-16-19(30-6-2)12-14-23(25)27/h7-17,28H,5-6H2,1-4H3. The number of fused-ring (bicyclic) bond motifs is 2. The molecule has 0 saturated carbocycles. The van der Waals surface area contributed by atoms with Gasteiger partial charge in [-0.15, -0.1) is 0 Å². The van der Waals surface area contributed by atoms with Crippen molar-refractivity contribution in [3.63, 3.8) is 0 Å². The van der Waals surface area contributed by atoms with Gasteiger partial charge in [0.2, 0.25) is 0 Å². The zero-order valence-corrected chi connectivity index (χ0v) is 18.4. The first kappa shape index (κ1) is 21.0. The van der Waals surface area contributed by atoms with Gasteiger partial charge in [-0.2, -0.15) is 0 Å². The molecule has 160 valence electrons. The maximum atomic E-state index is 13.3. The molecule has 1 heterocycles. The van der Waals surface area contributed by atoms with Gasteiger partial charge >= 0.3 is 0 Å². The van der Waals surface area contributed by atoms with E-state index in [1.54, 1.807) is 12.1 Å². The Hall–Kier alpha value is -3.27. The van der Waals surface area contributed by atoms with Gasteiger partial charge in [0.15, 0.2) is 5.78 Å². The maximum Gasteiger partial charge on any atom is 0.165 e. The number of Topliss-reactive ketones (excluding diaryl/α,β-unsaturated/α-hetero) is 1. The average molecular weight is 417 g/mol. The monoisotopic (exact) mass is 416 g/mol. The largest absolute Gasteiger partial charge is 0.508 e. The van der Waals surface area contributed by atoms with Crippen molar-refractivity contribution in [2.45, 2.75) is 39.5 Å². The molecule has 4 heteroatoms. The molecule has 0 aliphatic carbocycles. The number of carbonyl (C=O) groups is 1. The lowest BCUT2D eigenvalue weighted by Crippen LogP contribution is -2.32. The third-order valence-electron chi connectivity index (χ3n) is 6.32. The molecule has 0 fully saturated rings. The van der Waals surface area contributed by atoms with E-state index in [2.05, 4.69) is 6.92 Å². The van der Waals surface area contributed by atoms with Gasteiger partial charge in [-0.25, -0.2) is 0 Å². The molecule has 31 heavy (non-hydrogen) atoms. The Kier molecular flexibility index (Phi) is 5.48. The number of carbonyl (C=O) groups excluding carboxylic acids is 1. The molecule has 4 rings (SSSR count). The summed E-state index contributed by atoms with van der Waals surface area (Å²) in [6.45, 7) is 8.62. The highest BCUT2D eigenvalue weighted by molar-refractivity contribution is 5.99. The van der Waals surface area contributed by atoms with Crippen LogP contribution in [0.25, 0.3) is 0 Å². The molecule has 0 spiro atoms. The fourth-order valence-corrected chi connectivity index (χ4v) is 4.40. The lowest BCUT2D eigenvalue weighted by molar-refractivity contribution is 0.0925. The van der Waals surface area contributed by atoms with Crippen LogP contribution in [0.15, 0.2) is 60.7 Å². The van der Waals surface area contributed by atoms with Crippen LogP contribution in [0, 0.1) is 5.92 Å². The van der Waals surface area contributed by atoms with Crippen LogP contribution in [-0.4, -0.2) is 17.5 Å². The van der Waals surface area contributed by atoms with E-state index in [1.807, 2.05) is 69.3 Å². The van der Waals surface area contributed by atoms with Crippen LogP contribution in [0.4, 0.5) is 0 Å². The number of ether oxygens (including phenoxy) is 2. The quantitative estimate of drug-likeness (QED) is 0.467. The molecular formula is C27H28O4. The van der Waals surface area contributed by atoms with E-state index in [0.717, 1.165) is 34.4 Å². The third-order valence-corrected chi connectivity index (χ3v) is 6.32. The van der Waals surface area contributed by atoms with E-state index in [9.17, 15) is 9.90 Å². The van der Waals surface area contributed by atoms with Crippen molar-refractivity contribution in [2.24, 2.45) is 5.92 Å². The van der Waals surface area contributed by atoms with Crippen molar-refractivity contribution in [1.82, 2.24) is 0 Å². The van der Waals surface area contributed by atoms with E-state index in [0.29, 0.717) is 18.1 Å². The fourth-order valence-electron chi connectivity index (χ4n) is 4.40. The van der Waals surface area contributed by atoms with Crippen LogP contribution in [0.3, 0.4) is 0 Å². The SMILES string of the molecule is CCOc1ccc2c(c1)Oc1cc(O)ccc1C2(C)c1ccccc1C(=O)C(C)CC. The highest BCUT2D eigenvalue weighted by Crippen LogP contribution is 2.53. The van der Waals surface area contributed by atoms with E-state index in [-0.39, 0.29) is 17.5 Å². The summed E-state index contributed by atoms with van der Waals surface area (Å²) in [5, 5.41) is 10.1. The average Bonchev–Trinajstić information content (AvgIpc) is 2.78. The minimum Gasteiger partial charge on any atom is -0.508 e. The van der Waals surface area contributed by atoms with E-state index in [1.165, 1.54) is 0 Å². The van der Waals surface area contributed by atoms with Gasteiger partial charge in [-0.3, -0.25) is 4.79 Å². The zero-order chi connectivity index (χ0) is 22.2. The molecule has 1 aliphatic heterocycles. The van der Waals surface area contributed by atoms with E-state index < -0.39 is 5.41 Å². The Morgan fingerprint density at radius 2 is 1.68 bits per heavy atom. The maximum absolute atomic E-state index is 13.3. The van der Waals surface area contributed by atoms with Gasteiger partial charge in [-0.05, 0) is 38.0 Å². The van der Waals surface area contributed by atoms with Crippen molar-refractivity contribution in [2.75, 3.05) is 6.61 Å². The Morgan fingerprint density at radius 3 is 2.39 bits per heavy atom. The van der Waals surface area contributed by atoms with Crippen molar-refractivity contribution in [3.05, 3.63) is 82.9 Å². The lowest BCUT2D eigenvalue weighted by Gasteiger charge is -2.39. The van der Waals surface area contributed by atoms with Crippen molar-refractivity contribution < 1.29 is 19.4 Å². The Balaban J connectivity index is 2.00. The highest BCUT2D eigenvalue weighted by atomic mass is 16.5. The fraction of sp³-hybridized carbons (Fsp3) is 0.296. The molecule has 0 aromatic heterocycles. The first-order valence-corrected chi connectivity index (χ1v) is 10.8. The Morgan fingerprint density at radius 1 is 1.00 bits per heavy atom. The van der Waals surface area contributed by atoms with Crippen LogP contribution < -0.4 is 9.47 Å². The van der Waals surface area contributed by atoms with Crippen LogP contribution >= 0.6 is 0 Å². The van der Waals surface area contributed by atoms with Crippen LogP contribution in [0.5, 0.6) is 23.0 Å². The molecule has 2 atom stereocenters. The summed E-state index contributed by atoms with van der Waals surface area (Å²) in [5.74, 6) is 2.17. The van der Waals surface area contributed by atoms with Gasteiger partial charge in [-0.1, -0.05) is 50.2 Å². The summed E-state index contributed by atoms with van der Waals surface area (Å²) >= 11 is 0. The highest BCUT2D eigenvalue weighted by Gasteiger charge is 2.42. The minimum atomic E-state index is -0.638. The van der Waals surface area contributed by atoms with E-state index in [4.69, 9.17) is 9.47 Å². The molecule has 3 aromatic carbocycles. The molecule has 0 bridgehead atoms. The lowest BCUT2D eigenvalue weighted by atomic mass is 9.67. The molecular weight excluding hydrogens is 388 g/mol. The molecule has 1 N–H and O–H groups in total. The number of aromatic hydroxyl groups is 1. The van der Waals surface area contributed by atoms with Gasteiger partial charge in [0.25, 0.3) is 0 Å². The Bertz CT molecular complexity index is 1130. The second kappa shape index (κ2) is 8.10. The molecule has 2 unspecified atom stereocenters. The van der Waals surface area contributed by atoms with E-state index >= 15 is 0 Å². The van der Waals surface area contributed by atoms with Crippen molar-refractivity contribution in [1.29, 1.82) is 0 Å². The molecule has 0 saturated heterocycles. The molecule has 0 radical (unpaired) electrons. The summed E-state index contributed by atoms with van der Waals surface area (Å²) < 4.78 is 11.9. The predicted octanol–water partition coefficient (Wildman–Crippen LogP) is 6.48. The van der Waals surface area contributed by atoms with Gasteiger partial charge in [0, 0.05) is 34.7 Å². The smallest absolute Gasteiger partial charge is 0.165 e. The number of rotatable bonds is 6. The second-order valence-corrected chi connectivity index (χ2v) is 8.22. The summed E-state index contributed by atoms with van der Waals surface area (Å²) in [4.78, 5) is 13.3. The number of ketones is 1.